The van der Waals surface area contributed by atoms with Crippen LogP contribution in [-0.4, -0.2) is 12.8 Å². The standard InChI is InChI=1S/C11H20N2/c1-6-7-8-13-11(4)9(2)10(3)12-5/h7-8,13H,6H2,1-5H3/b8-7-,11-9+,12-10?. The number of aliphatic imine (C=N–C) groups is 1. The first kappa shape index (κ1) is 11.9. The highest BCUT2D eigenvalue weighted by Gasteiger charge is 1.97. The van der Waals surface area contributed by atoms with Crippen LogP contribution >= 0.6 is 0 Å². The Kier molecular flexibility index (Phi) is 5.94. The Balaban J connectivity index is 4.36. The molecule has 0 saturated carbocycles. The predicted octanol–water partition coefficient (Wildman–Crippen LogP) is 2.88. The van der Waals surface area contributed by atoms with Gasteiger partial charge in [-0.25, -0.2) is 0 Å². The summed E-state index contributed by atoms with van der Waals surface area (Å²) in [6, 6.07) is 0. The maximum atomic E-state index is 4.13. The molecule has 0 atom stereocenters. The zero-order valence-corrected chi connectivity index (χ0v) is 9.31. The minimum atomic E-state index is 1.06. The van der Waals surface area contributed by atoms with Crippen molar-refractivity contribution in [2.45, 2.75) is 34.1 Å². The molecule has 0 bridgehead atoms. The Bertz CT molecular complexity index is 234. The Morgan fingerprint density at radius 2 is 1.92 bits per heavy atom. The van der Waals surface area contributed by atoms with Crippen molar-refractivity contribution in [3.8, 4) is 0 Å². The summed E-state index contributed by atoms with van der Waals surface area (Å²) in [4.78, 5) is 4.13. The Morgan fingerprint density at radius 3 is 2.38 bits per heavy atom. The average Bonchev–Trinajstić information content (AvgIpc) is 2.15. The minimum Gasteiger partial charge on any atom is -0.365 e. The maximum Gasteiger partial charge on any atom is 0.0360 e. The van der Waals surface area contributed by atoms with Crippen molar-refractivity contribution in [1.29, 1.82) is 0 Å². The van der Waals surface area contributed by atoms with Crippen LogP contribution < -0.4 is 5.32 Å². The molecule has 0 amide bonds. The van der Waals surface area contributed by atoms with E-state index in [0.717, 1.165) is 17.8 Å². The zero-order valence-electron chi connectivity index (χ0n) is 9.31. The fraction of sp³-hybridized carbons (Fsp3) is 0.545. The third kappa shape index (κ3) is 4.51. The van der Waals surface area contributed by atoms with E-state index in [1.165, 1.54) is 5.57 Å². The lowest BCUT2D eigenvalue weighted by molar-refractivity contribution is 1.02. The molecule has 13 heavy (non-hydrogen) atoms. The maximum absolute atomic E-state index is 4.13. The molecule has 0 aliphatic rings. The molecule has 0 aromatic heterocycles. The molecule has 0 fully saturated rings. The second-order valence-corrected chi connectivity index (χ2v) is 3.01. The lowest BCUT2D eigenvalue weighted by atomic mass is 10.1. The predicted molar refractivity (Wildman–Crippen MR) is 60.0 cm³/mol. The molecule has 0 aliphatic heterocycles. The van der Waals surface area contributed by atoms with Gasteiger partial charge in [-0.2, -0.15) is 0 Å². The van der Waals surface area contributed by atoms with E-state index in [1.807, 2.05) is 20.2 Å². The molecule has 2 heteroatoms. The van der Waals surface area contributed by atoms with E-state index < -0.39 is 0 Å². The summed E-state index contributed by atoms with van der Waals surface area (Å²) in [5.74, 6) is 0. The molecule has 0 aliphatic carbocycles. The second kappa shape index (κ2) is 6.46. The number of hydrogen-bond donors (Lipinski definition) is 1. The first-order chi connectivity index (χ1) is 6.13. The summed E-state index contributed by atoms with van der Waals surface area (Å²) in [7, 11) is 1.81. The summed E-state index contributed by atoms with van der Waals surface area (Å²) in [5.41, 5.74) is 3.45. The first-order valence-corrected chi connectivity index (χ1v) is 4.66. The number of nitrogens with one attached hydrogen (secondary N) is 1. The Labute approximate surface area is 81.5 Å². The molecule has 0 spiro atoms. The van der Waals surface area contributed by atoms with Crippen molar-refractivity contribution in [1.82, 2.24) is 5.32 Å². The van der Waals surface area contributed by atoms with Crippen LogP contribution in [0.2, 0.25) is 0 Å². The monoisotopic (exact) mass is 180 g/mol. The van der Waals surface area contributed by atoms with Crippen molar-refractivity contribution < 1.29 is 0 Å². The minimum absolute atomic E-state index is 1.06. The highest BCUT2D eigenvalue weighted by Crippen LogP contribution is 2.02. The second-order valence-electron chi connectivity index (χ2n) is 3.01. The van der Waals surface area contributed by atoms with Gasteiger partial charge < -0.3 is 5.32 Å². The molecule has 0 radical (unpaired) electrons. The fourth-order valence-corrected chi connectivity index (χ4v) is 0.849. The Hall–Kier alpha value is -1.05. The quantitative estimate of drug-likeness (QED) is 0.661. The molecule has 1 N–H and O–H groups in total. The molecule has 0 saturated heterocycles. The van der Waals surface area contributed by atoms with Crippen molar-refractivity contribution in [2.24, 2.45) is 4.99 Å². The van der Waals surface area contributed by atoms with Crippen LogP contribution in [0.5, 0.6) is 0 Å². The molecular weight excluding hydrogens is 160 g/mol. The van der Waals surface area contributed by atoms with Crippen LogP contribution in [0.15, 0.2) is 28.5 Å². The van der Waals surface area contributed by atoms with Crippen LogP contribution in [0.4, 0.5) is 0 Å². The third-order valence-electron chi connectivity index (χ3n) is 2.09. The van der Waals surface area contributed by atoms with Gasteiger partial charge in [-0.15, -0.1) is 0 Å². The van der Waals surface area contributed by atoms with Gasteiger partial charge in [0.15, 0.2) is 0 Å². The smallest absolute Gasteiger partial charge is 0.0360 e. The van der Waals surface area contributed by atoms with E-state index in [1.54, 1.807) is 0 Å². The van der Waals surface area contributed by atoms with Gasteiger partial charge in [0.25, 0.3) is 0 Å². The number of rotatable bonds is 4. The summed E-state index contributed by atoms with van der Waals surface area (Å²) in [6.07, 6.45) is 5.12. The Morgan fingerprint density at radius 1 is 1.31 bits per heavy atom. The van der Waals surface area contributed by atoms with Crippen LogP contribution in [-0.2, 0) is 0 Å². The van der Waals surface area contributed by atoms with E-state index in [2.05, 4.69) is 37.2 Å². The molecular formula is C11H20N2. The van der Waals surface area contributed by atoms with E-state index in [9.17, 15) is 0 Å². The molecule has 2 nitrogen and oxygen atoms in total. The lowest BCUT2D eigenvalue weighted by Crippen LogP contribution is -2.07. The van der Waals surface area contributed by atoms with Crippen LogP contribution in [0, 0.1) is 0 Å². The van der Waals surface area contributed by atoms with E-state index in [4.69, 9.17) is 0 Å². The summed E-state index contributed by atoms with van der Waals surface area (Å²) in [5, 5.41) is 3.22. The molecule has 0 unspecified atom stereocenters. The molecule has 0 rings (SSSR count). The first-order valence-electron chi connectivity index (χ1n) is 4.66. The van der Waals surface area contributed by atoms with Gasteiger partial charge in [-0.3, -0.25) is 4.99 Å². The number of hydrogen-bond acceptors (Lipinski definition) is 2. The van der Waals surface area contributed by atoms with Crippen molar-refractivity contribution in [2.75, 3.05) is 7.05 Å². The van der Waals surface area contributed by atoms with Gasteiger partial charge in [0.1, 0.15) is 0 Å². The van der Waals surface area contributed by atoms with Gasteiger partial charge in [-0.1, -0.05) is 13.0 Å². The van der Waals surface area contributed by atoms with Crippen molar-refractivity contribution in [3.05, 3.63) is 23.5 Å². The van der Waals surface area contributed by atoms with Crippen LogP contribution in [0.25, 0.3) is 0 Å². The summed E-state index contributed by atoms with van der Waals surface area (Å²) >= 11 is 0. The third-order valence-corrected chi connectivity index (χ3v) is 2.09. The molecule has 0 aromatic carbocycles. The van der Waals surface area contributed by atoms with Crippen molar-refractivity contribution in [3.63, 3.8) is 0 Å². The zero-order chi connectivity index (χ0) is 10.3. The van der Waals surface area contributed by atoms with Gasteiger partial charge >= 0.3 is 0 Å². The van der Waals surface area contributed by atoms with Gasteiger partial charge in [-0.05, 0) is 39.0 Å². The normalized spacial score (nSPS) is 14.7. The van der Waals surface area contributed by atoms with Crippen molar-refractivity contribution >= 4 is 5.71 Å². The summed E-state index contributed by atoms with van der Waals surface area (Å²) in [6.45, 7) is 8.27. The van der Waals surface area contributed by atoms with Gasteiger partial charge in [0.2, 0.25) is 0 Å². The lowest BCUT2D eigenvalue weighted by Gasteiger charge is -2.06. The highest BCUT2D eigenvalue weighted by molar-refractivity contribution is 5.98. The van der Waals surface area contributed by atoms with Crippen LogP contribution in [0.3, 0.4) is 0 Å². The molecule has 0 heterocycles. The van der Waals surface area contributed by atoms with E-state index in [-0.39, 0.29) is 0 Å². The molecule has 74 valence electrons. The van der Waals surface area contributed by atoms with Crippen LogP contribution in [0.1, 0.15) is 34.1 Å². The number of nitrogens with zero attached hydrogens (tertiary/aromatic N) is 1. The van der Waals surface area contributed by atoms with E-state index in [0.29, 0.717) is 0 Å². The average molecular weight is 180 g/mol. The van der Waals surface area contributed by atoms with Gasteiger partial charge in [0.05, 0.1) is 0 Å². The van der Waals surface area contributed by atoms with Gasteiger partial charge in [0, 0.05) is 18.5 Å². The van der Waals surface area contributed by atoms with E-state index >= 15 is 0 Å². The largest absolute Gasteiger partial charge is 0.365 e. The SMILES string of the molecule is CC/C=C\N/C(C)=C(\C)C(C)=NC. The topological polar surface area (TPSA) is 24.4 Å². The summed E-state index contributed by atoms with van der Waals surface area (Å²) < 4.78 is 0. The molecule has 0 aromatic rings. The fourth-order valence-electron chi connectivity index (χ4n) is 0.849. The number of allylic oxidation sites excluding steroid dienone is 3. The highest BCUT2D eigenvalue weighted by atomic mass is 14.8.